The van der Waals surface area contributed by atoms with E-state index >= 15 is 0 Å². The fraction of sp³-hybridized carbons (Fsp3) is 1.00. The Kier molecular flexibility index (Phi) is 3.45. The number of hydrogen-bond acceptors (Lipinski definition) is 5. The smallest absolute Gasteiger partial charge is 0.325 e. The highest BCUT2D eigenvalue weighted by Crippen LogP contribution is 2.18. The zero-order valence-electron chi connectivity index (χ0n) is 5.93. The summed E-state index contributed by atoms with van der Waals surface area (Å²) in [6.45, 7) is 1.78. The minimum atomic E-state index is -2.88. The highest BCUT2D eigenvalue weighted by Gasteiger charge is 2.16. The Bertz CT molecular complexity index is 147. The van der Waals surface area contributed by atoms with Crippen molar-refractivity contribution in [2.75, 3.05) is 26.2 Å². The van der Waals surface area contributed by atoms with E-state index in [1.165, 1.54) is 5.06 Å². The van der Waals surface area contributed by atoms with Gasteiger partial charge in [-0.05, 0) is 0 Å². The molecule has 7 heteroatoms. The van der Waals surface area contributed by atoms with Crippen LogP contribution < -0.4 is 0 Å². The molecule has 6 nitrogen and oxygen atoms in total. The highest BCUT2D eigenvalue weighted by molar-refractivity contribution is 7.32. The number of piperazine rings is 1. The lowest BCUT2D eigenvalue weighted by Crippen LogP contribution is -2.43. The molecule has 1 heterocycles. The first kappa shape index (κ1) is 9.12. The van der Waals surface area contributed by atoms with E-state index in [0.717, 1.165) is 5.06 Å². The molecule has 1 saturated heterocycles. The highest BCUT2D eigenvalue weighted by atomic mass is 31.1. The van der Waals surface area contributed by atoms with Crippen molar-refractivity contribution in [2.24, 2.45) is 0 Å². The van der Waals surface area contributed by atoms with Crippen molar-refractivity contribution < 1.29 is 19.3 Å². The number of rotatable bonds is 2. The van der Waals surface area contributed by atoms with Crippen molar-refractivity contribution in [3.8, 4) is 0 Å². The summed E-state index contributed by atoms with van der Waals surface area (Å²) < 4.78 is 14.7. The predicted molar refractivity (Wildman–Crippen MR) is 37.2 cm³/mol. The van der Waals surface area contributed by atoms with Crippen LogP contribution in [0.1, 0.15) is 0 Å². The minimum absolute atomic E-state index is 0.440. The van der Waals surface area contributed by atoms with Gasteiger partial charge in [0.25, 0.3) is 0 Å². The zero-order valence-corrected chi connectivity index (χ0v) is 6.93. The van der Waals surface area contributed by atoms with Crippen LogP contribution in [-0.2, 0) is 9.19 Å². The second kappa shape index (κ2) is 4.15. The summed E-state index contributed by atoms with van der Waals surface area (Å²) in [7, 11) is -2.88. The molecule has 0 aromatic rings. The van der Waals surface area contributed by atoms with Gasteiger partial charge in [0.05, 0.1) is 0 Å². The molecule has 0 amide bonds. The molecule has 1 unspecified atom stereocenters. The standard InChI is InChI=1S/C4H11N2O4P/c7-5-1-3-6(4-2-5)10-11(8)9/h7,11H,1-4H2,(H,8,9). The molecule has 2 N–H and O–H groups in total. The van der Waals surface area contributed by atoms with Crippen LogP contribution in [0, 0.1) is 0 Å². The quantitative estimate of drug-likeness (QED) is 0.550. The Balaban J connectivity index is 2.22. The maximum Gasteiger partial charge on any atom is 0.333 e. The number of hydroxylamine groups is 4. The lowest BCUT2D eigenvalue weighted by molar-refractivity contribution is -0.170. The molecule has 0 aromatic heterocycles. The fourth-order valence-electron chi connectivity index (χ4n) is 0.879. The molecule has 66 valence electrons. The molecule has 1 aliphatic rings. The van der Waals surface area contributed by atoms with E-state index in [-0.39, 0.29) is 0 Å². The molecule has 11 heavy (non-hydrogen) atoms. The van der Waals surface area contributed by atoms with Crippen LogP contribution in [0.2, 0.25) is 0 Å². The average Bonchev–Trinajstić information content (AvgIpc) is 1.93. The van der Waals surface area contributed by atoms with E-state index < -0.39 is 8.25 Å². The van der Waals surface area contributed by atoms with Gasteiger partial charge < -0.3 is 10.1 Å². The predicted octanol–water partition coefficient (Wildman–Crippen LogP) is -0.693. The zero-order chi connectivity index (χ0) is 8.27. The van der Waals surface area contributed by atoms with Gasteiger partial charge in [0, 0.05) is 26.2 Å². The Morgan fingerprint density at radius 1 is 1.27 bits per heavy atom. The van der Waals surface area contributed by atoms with Crippen LogP contribution in [0.3, 0.4) is 0 Å². The van der Waals surface area contributed by atoms with E-state index in [9.17, 15) is 4.57 Å². The third-order valence-electron chi connectivity index (χ3n) is 1.42. The topological polar surface area (TPSA) is 73.2 Å². The van der Waals surface area contributed by atoms with Gasteiger partial charge in [-0.15, -0.1) is 0 Å². The molecule has 0 radical (unpaired) electrons. The van der Waals surface area contributed by atoms with Crippen molar-refractivity contribution in [3.63, 3.8) is 0 Å². The van der Waals surface area contributed by atoms with Gasteiger partial charge in [-0.2, -0.15) is 10.1 Å². The molecule has 0 aromatic carbocycles. The summed E-state index contributed by atoms with van der Waals surface area (Å²) in [4.78, 5) is 8.38. The maximum atomic E-state index is 10.2. The number of hydrogen-bond donors (Lipinski definition) is 2. The van der Waals surface area contributed by atoms with Crippen molar-refractivity contribution in [2.45, 2.75) is 0 Å². The second-order valence-corrected chi connectivity index (χ2v) is 2.95. The Morgan fingerprint density at radius 3 is 2.27 bits per heavy atom. The normalized spacial score (nSPS) is 25.3. The lowest BCUT2D eigenvalue weighted by atomic mass is 10.4. The largest absolute Gasteiger partial charge is 0.333 e. The van der Waals surface area contributed by atoms with E-state index in [0.29, 0.717) is 26.2 Å². The Hall–Kier alpha value is 0.0300. The monoisotopic (exact) mass is 182 g/mol. The van der Waals surface area contributed by atoms with Gasteiger partial charge >= 0.3 is 8.25 Å². The van der Waals surface area contributed by atoms with E-state index in [4.69, 9.17) is 10.1 Å². The van der Waals surface area contributed by atoms with Crippen LogP contribution in [0.25, 0.3) is 0 Å². The van der Waals surface area contributed by atoms with E-state index in [1.807, 2.05) is 0 Å². The molecule has 1 aliphatic heterocycles. The summed E-state index contributed by atoms with van der Waals surface area (Å²) in [5.74, 6) is 0. The number of nitrogens with zero attached hydrogens (tertiary/aromatic N) is 2. The van der Waals surface area contributed by atoms with Crippen molar-refractivity contribution in [3.05, 3.63) is 0 Å². The van der Waals surface area contributed by atoms with Gasteiger partial charge in [0.15, 0.2) is 0 Å². The summed E-state index contributed by atoms with van der Waals surface area (Å²) in [5, 5.41) is 11.4. The molecular weight excluding hydrogens is 171 g/mol. The lowest BCUT2D eigenvalue weighted by Gasteiger charge is -2.28. The molecule has 1 fully saturated rings. The third-order valence-corrected chi connectivity index (χ3v) is 1.84. The molecule has 0 saturated carbocycles. The van der Waals surface area contributed by atoms with Crippen LogP contribution in [0.4, 0.5) is 0 Å². The minimum Gasteiger partial charge on any atom is -0.325 e. The first-order valence-electron chi connectivity index (χ1n) is 3.28. The summed E-state index contributed by atoms with van der Waals surface area (Å²) in [5.41, 5.74) is 0. The van der Waals surface area contributed by atoms with Gasteiger partial charge in [-0.3, -0.25) is 4.57 Å². The van der Waals surface area contributed by atoms with Crippen molar-refractivity contribution in [1.29, 1.82) is 0 Å². The first-order chi connectivity index (χ1) is 5.18. The maximum absolute atomic E-state index is 10.2. The van der Waals surface area contributed by atoms with Crippen LogP contribution in [-0.4, -0.2) is 46.4 Å². The molecule has 0 spiro atoms. The van der Waals surface area contributed by atoms with Crippen LogP contribution >= 0.6 is 8.25 Å². The summed E-state index contributed by atoms with van der Waals surface area (Å²) in [6.07, 6.45) is 0. The van der Waals surface area contributed by atoms with Crippen LogP contribution in [0.15, 0.2) is 0 Å². The molecule has 1 atom stereocenters. The second-order valence-electron chi connectivity index (χ2n) is 2.24. The van der Waals surface area contributed by atoms with E-state index in [1.54, 1.807) is 0 Å². The first-order valence-corrected chi connectivity index (χ1v) is 4.54. The summed E-state index contributed by atoms with van der Waals surface area (Å²) in [6, 6.07) is 0. The Labute approximate surface area is 64.8 Å². The fourth-order valence-corrected chi connectivity index (χ4v) is 1.28. The summed E-state index contributed by atoms with van der Waals surface area (Å²) >= 11 is 0. The molecular formula is C4H11N2O4P. The van der Waals surface area contributed by atoms with E-state index in [2.05, 4.69) is 4.62 Å². The average molecular weight is 182 g/mol. The molecule has 0 bridgehead atoms. The molecule has 1 rings (SSSR count). The van der Waals surface area contributed by atoms with Gasteiger partial charge in [0.1, 0.15) is 0 Å². The van der Waals surface area contributed by atoms with Gasteiger partial charge in [-0.1, -0.05) is 0 Å². The van der Waals surface area contributed by atoms with Gasteiger partial charge in [-0.25, -0.2) is 4.62 Å². The van der Waals surface area contributed by atoms with Crippen LogP contribution in [0.5, 0.6) is 0 Å². The Morgan fingerprint density at radius 2 is 1.82 bits per heavy atom. The SMILES string of the molecule is O=[PH](O)ON1CCN(O)CC1. The third kappa shape index (κ3) is 3.29. The van der Waals surface area contributed by atoms with Crippen molar-refractivity contribution in [1.82, 2.24) is 10.1 Å². The van der Waals surface area contributed by atoms with Gasteiger partial charge in [0.2, 0.25) is 0 Å². The van der Waals surface area contributed by atoms with Crippen molar-refractivity contribution >= 4 is 8.25 Å². The molecule has 0 aliphatic carbocycles.